The van der Waals surface area contributed by atoms with E-state index in [9.17, 15) is 0 Å². The van der Waals surface area contributed by atoms with Gasteiger partial charge in [-0.3, -0.25) is 0 Å². The summed E-state index contributed by atoms with van der Waals surface area (Å²) in [5.74, 6) is 1.16. The predicted octanol–water partition coefficient (Wildman–Crippen LogP) is 3.19. The van der Waals surface area contributed by atoms with Crippen LogP contribution in [0.3, 0.4) is 0 Å². The zero-order chi connectivity index (χ0) is 14.5. The van der Waals surface area contributed by atoms with Gasteiger partial charge >= 0.3 is 0 Å². The van der Waals surface area contributed by atoms with Crippen molar-refractivity contribution in [3.05, 3.63) is 44.6 Å². The molecule has 2 aromatic rings. The van der Waals surface area contributed by atoms with Gasteiger partial charge in [-0.1, -0.05) is 5.16 Å². The highest BCUT2D eigenvalue weighted by Gasteiger charge is 2.09. The van der Waals surface area contributed by atoms with E-state index in [1.165, 1.54) is 0 Å². The highest BCUT2D eigenvalue weighted by atomic mass is 79.9. The van der Waals surface area contributed by atoms with Crippen molar-refractivity contribution in [3.63, 3.8) is 0 Å². The first kappa shape index (κ1) is 14.7. The first-order valence-corrected chi connectivity index (χ1v) is 7.28. The van der Waals surface area contributed by atoms with Crippen LogP contribution in [-0.2, 0) is 6.61 Å². The third-order valence-electron chi connectivity index (χ3n) is 2.57. The van der Waals surface area contributed by atoms with Crippen molar-refractivity contribution in [2.75, 3.05) is 7.11 Å². The van der Waals surface area contributed by atoms with E-state index in [0.29, 0.717) is 23.7 Å². The Morgan fingerprint density at radius 3 is 2.75 bits per heavy atom. The van der Waals surface area contributed by atoms with Gasteiger partial charge < -0.3 is 20.4 Å². The van der Waals surface area contributed by atoms with Crippen LogP contribution >= 0.6 is 27.3 Å². The van der Waals surface area contributed by atoms with Crippen molar-refractivity contribution in [2.24, 2.45) is 10.9 Å². The Bertz CT molecular complexity index is 628. The summed E-state index contributed by atoms with van der Waals surface area (Å²) in [6.07, 6.45) is 0. The molecule has 20 heavy (non-hydrogen) atoms. The number of methoxy groups -OCH3 is 1. The molecule has 0 aliphatic carbocycles. The Morgan fingerprint density at radius 2 is 2.15 bits per heavy atom. The molecule has 2 rings (SSSR count). The summed E-state index contributed by atoms with van der Waals surface area (Å²) in [4.78, 5) is 1.10. The normalized spacial score (nSPS) is 11.4. The summed E-state index contributed by atoms with van der Waals surface area (Å²) in [6, 6.07) is 9.06. The van der Waals surface area contributed by atoms with Crippen molar-refractivity contribution in [3.8, 4) is 11.5 Å². The van der Waals surface area contributed by atoms with Crippen LogP contribution in [0.2, 0.25) is 0 Å². The Balaban J connectivity index is 2.15. The van der Waals surface area contributed by atoms with Crippen LogP contribution in [0.4, 0.5) is 0 Å². The minimum absolute atomic E-state index is 0.0250. The topological polar surface area (TPSA) is 77.1 Å². The van der Waals surface area contributed by atoms with Crippen LogP contribution in [0.5, 0.6) is 11.5 Å². The van der Waals surface area contributed by atoms with Crippen LogP contribution in [0.1, 0.15) is 10.4 Å². The van der Waals surface area contributed by atoms with Gasteiger partial charge in [-0.05, 0) is 46.3 Å². The van der Waals surface area contributed by atoms with Gasteiger partial charge in [0.2, 0.25) is 0 Å². The fraction of sp³-hybridized carbons (Fsp3) is 0.154. The first-order chi connectivity index (χ1) is 9.63. The molecule has 1 aromatic heterocycles. The molecule has 0 atom stereocenters. The molecule has 0 aliphatic heterocycles. The molecule has 0 radical (unpaired) electrons. The second-order valence-corrected chi connectivity index (χ2v) is 6.39. The molecule has 0 spiro atoms. The molecular formula is C13H13BrN2O3S. The maximum Gasteiger partial charge on any atom is 0.170 e. The fourth-order valence-corrected chi connectivity index (χ4v) is 2.98. The van der Waals surface area contributed by atoms with Crippen LogP contribution in [0.15, 0.2) is 39.3 Å². The molecular weight excluding hydrogens is 344 g/mol. The molecule has 0 fully saturated rings. The minimum atomic E-state index is 0.0250. The maximum atomic E-state index is 8.66. The summed E-state index contributed by atoms with van der Waals surface area (Å²) < 4.78 is 12.0. The molecule has 5 nitrogen and oxygen atoms in total. The van der Waals surface area contributed by atoms with Crippen LogP contribution in [0, 0.1) is 0 Å². The van der Waals surface area contributed by atoms with E-state index in [1.54, 1.807) is 36.6 Å². The molecule has 0 amide bonds. The van der Waals surface area contributed by atoms with E-state index >= 15 is 0 Å². The maximum absolute atomic E-state index is 8.66. The van der Waals surface area contributed by atoms with Gasteiger partial charge in [-0.25, -0.2) is 0 Å². The third kappa shape index (κ3) is 3.43. The monoisotopic (exact) mass is 356 g/mol. The summed E-state index contributed by atoms with van der Waals surface area (Å²) in [5.41, 5.74) is 6.10. The SMILES string of the molecule is COc1cc(/C(N)=N/O)ccc1OCc1ccc(Br)s1. The number of benzene rings is 1. The number of amidine groups is 1. The molecule has 0 saturated carbocycles. The average Bonchev–Trinajstić information content (AvgIpc) is 2.89. The molecule has 0 bridgehead atoms. The van der Waals surface area contributed by atoms with Gasteiger partial charge in [0.1, 0.15) is 6.61 Å². The molecule has 0 aliphatic rings. The van der Waals surface area contributed by atoms with Crippen molar-refractivity contribution >= 4 is 33.1 Å². The Kier molecular flexibility index (Phi) is 4.86. The standard InChI is InChI=1S/C13H13BrN2O3S/c1-18-11-6-8(13(15)16-17)2-4-10(11)19-7-9-3-5-12(14)20-9/h2-6,17H,7H2,1H3,(H2,15,16). The Labute approximate surface area is 128 Å². The number of nitrogens with zero attached hydrogens (tertiary/aromatic N) is 1. The van der Waals surface area contributed by atoms with Gasteiger partial charge in [-0.15, -0.1) is 11.3 Å². The summed E-state index contributed by atoms with van der Waals surface area (Å²) in [7, 11) is 1.54. The smallest absolute Gasteiger partial charge is 0.170 e. The lowest BCUT2D eigenvalue weighted by molar-refractivity contribution is 0.287. The van der Waals surface area contributed by atoms with Gasteiger partial charge in [0, 0.05) is 10.4 Å². The van der Waals surface area contributed by atoms with Crippen molar-refractivity contribution in [1.29, 1.82) is 0 Å². The highest BCUT2D eigenvalue weighted by Crippen LogP contribution is 2.30. The number of ether oxygens (including phenoxy) is 2. The van der Waals surface area contributed by atoms with Gasteiger partial charge in [0.05, 0.1) is 10.9 Å². The molecule has 0 unspecified atom stereocenters. The van der Waals surface area contributed by atoms with E-state index in [-0.39, 0.29) is 5.84 Å². The van der Waals surface area contributed by atoms with Gasteiger partial charge in [0.15, 0.2) is 17.3 Å². The zero-order valence-electron chi connectivity index (χ0n) is 10.7. The molecule has 1 aromatic carbocycles. The average molecular weight is 357 g/mol. The summed E-state index contributed by atoms with van der Waals surface area (Å²) in [6.45, 7) is 0.454. The Hall–Kier alpha value is -1.73. The lowest BCUT2D eigenvalue weighted by Gasteiger charge is -2.11. The zero-order valence-corrected chi connectivity index (χ0v) is 13.1. The number of oxime groups is 1. The third-order valence-corrected chi connectivity index (χ3v) is 4.16. The number of hydrogen-bond donors (Lipinski definition) is 2. The van der Waals surface area contributed by atoms with Crippen LogP contribution < -0.4 is 15.2 Å². The molecule has 7 heteroatoms. The molecule has 1 heterocycles. The highest BCUT2D eigenvalue weighted by molar-refractivity contribution is 9.11. The number of halogens is 1. The van der Waals surface area contributed by atoms with Crippen LogP contribution in [0.25, 0.3) is 0 Å². The predicted molar refractivity (Wildman–Crippen MR) is 81.9 cm³/mol. The largest absolute Gasteiger partial charge is 0.493 e. The molecule has 3 N–H and O–H groups in total. The quantitative estimate of drug-likeness (QED) is 0.373. The fourth-order valence-electron chi connectivity index (χ4n) is 1.58. The molecule has 106 valence electrons. The first-order valence-electron chi connectivity index (χ1n) is 5.67. The molecule has 0 saturated heterocycles. The number of nitrogens with two attached hydrogens (primary N) is 1. The van der Waals surface area contributed by atoms with Gasteiger partial charge in [-0.2, -0.15) is 0 Å². The van der Waals surface area contributed by atoms with E-state index in [2.05, 4.69) is 21.1 Å². The van der Waals surface area contributed by atoms with E-state index in [1.807, 2.05) is 12.1 Å². The van der Waals surface area contributed by atoms with E-state index in [4.69, 9.17) is 20.4 Å². The van der Waals surface area contributed by atoms with E-state index < -0.39 is 0 Å². The van der Waals surface area contributed by atoms with Crippen molar-refractivity contribution in [2.45, 2.75) is 6.61 Å². The second kappa shape index (κ2) is 6.62. The lowest BCUT2D eigenvalue weighted by Crippen LogP contribution is -2.13. The second-order valence-electron chi connectivity index (χ2n) is 3.85. The Morgan fingerprint density at radius 1 is 1.35 bits per heavy atom. The van der Waals surface area contributed by atoms with E-state index in [0.717, 1.165) is 8.66 Å². The van der Waals surface area contributed by atoms with Crippen molar-refractivity contribution < 1.29 is 14.7 Å². The van der Waals surface area contributed by atoms with Gasteiger partial charge in [0.25, 0.3) is 0 Å². The number of hydrogen-bond acceptors (Lipinski definition) is 5. The number of rotatable bonds is 5. The minimum Gasteiger partial charge on any atom is -0.493 e. The summed E-state index contributed by atoms with van der Waals surface area (Å²) in [5, 5.41) is 11.6. The van der Waals surface area contributed by atoms with Crippen molar-refractivity contribution in [1.82, 2.24) is 0 Å². The lowest BCUT2D eigenvalue weighted by atomic mass is 10.2. The summed E-state index contributed by atoms with van der Waals surface area (Å²) >= 11 is 5.02. The number of thiophene rings is 1. The van der Waals surface area contributed by atoms with Crippen LogP contribution in [-0.4, -0.2) is 18.2 Å².